The molecule has 1 aromatic carbocycles. The average Bonchev–Trinajstić information content (AvgIpc) is 2.61. The molecule has 1 aliphatic heterocycles. The van der Waals surface area contributed by atoms with Gasteiger partial charge in [-0.25, -0.2) is 4.98 Å². The van der Waals surface area contributed by atoms with E-state index < -0.39 is 0 Å². The molecule has 1 atom stereocenters. The predicted molar refractivity (Wildman–Crippen MR) is 87.1 cm³/mol. The number of hydrogen-bond donors (Lipinski definition) is 0. The minimum atomic E-state index is 0.0251. The van der Waals surface area contributed by atoms with Gasteiger partial charge in [-0.15, -0.1) is 0 Å². The third kappa shape index (κ3) is 2.71. The number of halogens is 1. The van der Waals surface area contributed by atoms with Crippen LogP contribution in [0.3, 0.4) is 0 Å². The summed E-state index contributed by atoms with van der Waals surface area (Å²) < 4.78 is 1.85. The maximum Gasteiger partial charge on any atom is 0.262 e. The Morgan fingerprint density at radius 2 is 2.19 bits per heavy atom. The Balaban J connectivity index is 2.12. The van der Waals surface area contributed by atoms with Crippen LogP contribution >= 0.6 is 11.6 Å². The summed E-state index contributed by atoms with van der Waals surface area (Å²) in [4.78, 5) is 17.5. The van der Waals surface area contributed by atoms with E-state index in [-0.39, 0.29) is 5.56 Å². The summed E-state index contributed by atoms with van der Waals surface area (Å²) in [5.41, 5.74) is 1.81. The second-order valence-electron chi connectivity index (χ2n) is 6.11. The molecule has 1 aliphatic rings. The highest BCUT2D eigenvalue weighted by molar-refractivity contribution is 6.35. The fraction of sp³-hybridized carbons (Fsp3) is 0.529. The van der Waals surface area contributed by atoms with Crippen molar-refractivity contribution in [3.8, 4) is 0 Å². The van der Waals surface area contributed by atoms with Crippen LogP contribution < -0.4 is 5.56 Å². The Labute approximate surface area is 130 Å². The molecule has 3 rings (SSSR count). The fourth-order valence-electron chi connectivity index (χ4n) is 3.38. The van der Waals surface area contributed by atoms with Crippen LogP contribution in [0.2, 0.25) is 5.02 Å². The first-order valence-corrected chi connectivity index (χ1v) is 8.17. The van der Waals surface area contributed by atoms with E-state index in [1.165, 1.54) is 12.8 Å². The fourth-order valence-corrected chi connectivity index (χ4v) is 3.73. The van der Waals surface area contributed by atoms with Gasteiger partial charge in [-0.1, -0.05) is 31.4 Å². The Morgan fingerprint density at radius 3 is 2.95 bits per heavy atom. The van der Waals surface area contributed by atoms with Gasteiger partial charge in [0.25, 0.3) is 5.56 Å². The highest BCUT2D eigenvalue weighted by Gasteiger charge is 2.19. The van der Waals surface area contributed by atoms with Crippen LogP contribution in [0, 0.1) is 12.8 Å². The van der Waals surface area contributed by atoms with Crippen LogP contribution in [-0.4, -0.2) is 9.55 Å². The highest BCUT2D eigenvalue weighted by Crippen LogP contribution is 2.25. The van der Waals surface area contributed by atoms with Gasteiger partial charge in [0.15, 0.2) is 0 Å². The van der Waals surface area contributed by atoms with Crippen molar-refractivity contribution in [3.63, 3.8) is 0 Å². The van der Waals surface area contributed by atoms with E-state index in [0.717, 1.165) is 42.7 Å². The van der Waals surface area contributed by atoms with Gasteiger partial charge in [-0.3, -0.25) is 9.36 Å². The van der Waals surface area contributed by atoms with E-state index in [1.54, 1.807) is 0 Å². The lowest BCUT2D eigenvalue weighted by atomic mass is 9.95. The zero-order valence-electron chi connectivity index (χ0n) is 12.7. The standard InChI is InChI=1S/C17H21ClN2O/c1-3-4-12-5-6-15-19-14-10-11(2)9-13(18)16(14)17(21)20(15)8-7-12/h9-10,12H,3-8H2,1-2H3. The average molecular weight is 305 g/mol. The number of nitrogens with zero attached hydrogens (tertiary/aromatic N) is 2. The third-order valence-corrected chi connectivity index (χ3v) is 4.77. The van der Waals surface area contributed by atoms with Gasteiger partial charge in [0, 0.05) is 13.0 Å². The van der Waals surface area contributed by atoms with E-state index in [9.17, 15) is 4.79 Å². The van der Waals surface area contributed by atoms with E-state index >= 15 is 0 Å². The molecule has 3 nitrogen and oxygen atoms in total. The quantitative estimate of drug-likeness (QED) is 0.837. The monoisotopic (exact) mass is 304 g/mol. The molecule has 1 unspecified atom stereocenters. The second kappa shape index (κ2) is 5.80. The Bertz CT molecular complexity index is 736. The van der Waals surface area contributed by atoms with Crippen LogP contribution in [-0.2, 0) is 13.0 Å². The zero-order chi connectivity index (χ0) is 15.0. The summed E-state index contributed by atoms with van der Waals surface area (Å²) >= 11 is 6.28. The Hall–Kier alpha value is -1.35. The van der Waals surface area contributed by atoms with Crippen LogP contribution in [0.1, 0.15) is 44.0 Å². The smallest absolute Gasteiger partial charge is 0.262 e. The summed E-state index contributed by atoms with van der Waals surface area (Å²) in [5, 5.41) is 1.09. The van der Waals surface area contributed by atoms with Crippen LogP contribution in [0.5, 0.6) is 0 Å². The van der Waals surface area contributed by atoms with E-state index in [0.29, 0.717) is 16.3 Å². The van der Waals surface area contributed by atoms with Crippen LogP contribution in [0.15, 0.2) is 16.9 Å². The molecular formula is C17H21ClN2O. The molecule has 2 aromatic rings. The van der Waals surface area contributed by atoms with Gasteiger partial charge in [0.05, 0.1) is 15.9 Å². The molecule has 21 heavy (non-hydrogen) atoms. The minimum Gasteiger partial charge on any atom is -0.296 e. The van der Waals surface area contributed by atoms with Crippen molar-refractivity contribution >= 4 is 22.5 Å². The molecule has 0 spiro atoms. The van der Waals surface area contributed by atoms with Crippen molar-refractivity contribution in [1.29, 1.82) is 0 Å². The van der Waals surface area contributed by atoms with E-state index in [2.05, 4.69) is 6.92 Å². The number of rotatable bonds is 2. The van der Waals surface area contributed by atoms with Crippen molar-refractivity contribution in [3.05, 3.63) is 38.9 Å². The molecule has 112 valence electrons. The van der Waals surface area contributed by atoms with Crippen LogP contribution in [0.4, 0.5) is 0 Å². The first kappa shape index (κ1) is 14.6. The minimum absolute atomic E-state index is 0.0251. The summed E-state index contributed by atoms with van der Waals surface area (Å²) in [6.07, 6.45) is 5.53. The predicted octanol–water partition coefficient (Wildman–Crippen LogP) is 4.11. The van der Waals surface area contributed by atoms with Gasteiger partial charge in [0.1, 0.15) is 5.82 Å². The lowest BCUT2D eigenvalue weighted by molar-refractivity contribution is 0.412. The molecule has 0 saturated carbocycles. The maximum atomic E-state index is 12.8. The molecule has 2 heterocycles. The number of aromatic nitrogens is 2. The zero-order valence-corrected chi connectivity index (χ0v) is 13.4. The molecule has 0 amide bonds. The molecule has 1 aromatic heterocycles. The lowest BCUT2D eigenvalue weighted by Gasteiger charge is -2.12. The highest BCUT2D eigenvalue weighted by atomic mass is 35.5. The number of benzene rings is 1. The van der Waals surface area contributed by atoms with Crippen molar-refractivity contribution in [2.45, 2.75) is 52.5 Å². The first-order chi connectivity index (χ1) is 10.1. The van der Waals surface area contributed by atoms with E-state index in [4.69, 9.17) is 16.6 Å². The normalized spacial score (nSPS) is 18.5. The number of aryl methyl sites for hydroxylation is 2. The molecule has 0 fully saturated rings. The molecule has 4 heteroatoms. The first-order valence-electron chi connectivity index (χ1n) is 7.79. The van der Waals surface area contributed by atoms with Crippen molar-refractivity contribution < 1.29 is 0 Å². The van der Waals surface area contributed by atoms with Gasteiger partial charge < -0.3 is 0 Å². The van der Waals surface area contributed by atoms with Crippen molar-refractivity contribution in [1.82, 2.24) is 9.55 Å². The molecule has 0 N–H and O–H groups in total. The summed E-state index contributed by atoms with van der Waals surface area (Å²) in [6, 6.07) is 3.80. The molecular weight excluding hydrogens is 284 g/mol. The van der Waals surface area contributed by atoms with E-state index in [1.807, 2.05) is 23.6 Å². The largest absolute Gasteiger partial charge is 0.296 e. The molecule has 0 radical (unpaired) electrons. The summed E-state index contributed by atoms with van der Waals surface area (Å²) in [5.74, 6) is 1.63. The Kier molecular flexibility index (Phi) is 4.03. The van der Waals surface area contributed by atoms with Crippen molar-refractivity contribution in [2.75, 3.05) is 0 Å². The topological polar surface area (TPSA) is 34.9 Å². The van der Waals surface area contributed by atoms with Gasteiger partial charge >= 0.3 is 0 Å². The summed E-state index contributed by atoms with van der Waals surface area (Å²) in [6.45, 7) is 4.97. The van der Waals surface area contributed by atoms with Crippen LogP contribution in [0.25, 0.3) is 10.9 Å². The van der Waals surface area contributed by atoms with Gasteiger partial charge in [-0.2, -0.15) is 0 Å². The number of hydrogen-bond acceptors (Lipinski definition) is 2. The van der Waals surface area contributed by atoms with Crippen molar-refractivity contribution in [2.24, 2.45) is 5.92 Å². The second-order valence-corrected chi connectivity index (χ2v) is 6.51. The molecule has 0 aliphatic carbocycles. The molecule has 0 saturated heterocycles. The third-order valence-electron chi connectivity index (χ3n) is 4.47. The maximum absolute atomic E-state index is 12.8. The van der Waals surface area contributed by atoms with Gasteiger partial charge in [-0.05, 0) is 43.4 Å². The lowest BCUT2D eigenvalue weighted by Crippen LogP contribution is -2.25. The summed E-state index contributed by atoms with van der Waals surface area (Å²) in [7, 11) is 0. The molecule has 0 bridgehead atoms. The SMILES string of the molecule is CCCC1CCc2nc3cc(C)cc(Cl)c3c(=O)n2CC1. The number of fused-ring (bicyclic) bond motifs is 2. The van der Waals surface area contributed by atoms with Gasteiger partial charge in [0.2, 0.25) is 0 Å². The Morgan fingerprint density at radius 1 is 1.38 bits per heavy atom.